The van der Waals surface area contributed by atoms with Crippen molar-refractivity contribution in [3.05, 3.63) is 35.1 Å². The Labute approximate surface area is 125 Å². The zero-order valence-corrected chi connectivity index (χ0v) is 12.4. The predicted octanol–water partition coefficient (Wildman–Crippen LogP) is 2.17. The minimum atomic E-state index is -0.215. The summed E-state index contributed by atoms with van der Waals surface area (Å²) in [5.74, 6) is 0.920. The molecule has 3 rings (SSSR count). The van der Waals surface area contributed by atoms with Crippen LogP contribution in [0.5, 0.6) is 0 Å². The van der Waals surface area contributed by atoms with Gasteiger partial charge in [0.1, 0.15) is 5.82 Å². The van der Waals surface area contributed by atoms with Crippen LogP contribution in [-0.4, -0.2) is 18.5 Å². The first-order valence-corrected chi connectivity index (χ1v) is 7.84. The molecule has 0 spiro atoms. The summed E-state index contributed by atoms with van der Waals surface area (Å²) in [5, 5.41) is 3.02. The number of fused-ring (bicyclic) bond motifs is 2. The fraction of sp³-hybridized carbons (Fsp3) is 0.588. The Morgan fingerprint density at radius 3 is 2.81 bits per heavy atom. The molecule has 114 valence electrons. The molecule has 4 heteroatoms. The minimum Gasteiger partial charge on any atom is -0.355 e. The van der Waals surface area contributed by atoms with E-state index in [4.69, 9.17) is 5.73 Å². The van der Waals surface area contributed by atoms with Crippen LogP contribution >= 0.6 is 0 Å². The monoisotopic (exact) mass is 290 g/mol. The first-order chi connectivity index (χ1) is 10.1. The topological polar surface area (TPSA) is 55.1 Å². The van der Waals surface area contributed by atoms with Gasteiger partial charge in [0, 0.05) is 12.6 Å². The number of hydrogen-bond donors (Lipinski definition) is 2. The van der Waals surface area contributed by atoms with E-state index in [1.54, 1.807) is 6.07 Å². The van der Waals surface area contributed by atoms with Gasteiger partial charge in [0.05, 0.1) is 5.92 Å². The molecule has 0 heterocycles. The smallest absolute Gasteiger partial charge is 0.224 e. The van der Waals surface area contributed by atoms with E-state index in [1.165, 1.54) is 18.6 Å². The maximum absolute atomic E-state index is 13.0. The van der Waals surface area contributed by atoms with Gasteiger partial charge in [0.2, 0.25) is 5.91 Å². The van der Waals surface area contributed by atoms with E-state index in [0.717, 1.165) is 30.4 Å². The number of rotatable bonds is 4. The number of hydrogen-bond acceptors (Lipinski definition) is 2. The fourth-order valence-electron chi connectivity index (χ4n) is 4.10. The molecule has 0 aromatic heterocycles. The molecule has 2 saturated carbocycles. The van der Waals surface area contributed by atoms with E-state index in [2.05, 4.69) is 5.32 Å². The van der Waals surface area contributed by atoms with Crippen LogP contribution in [0.3, 0.4) is 0 Å². The van der Waals surface area contributed by atoms with Crippen molar-refractivity contribution in [2.24, 2.45) is 23.5 Å². The third-order valence-electron chi connectivity index (χ3n) is 5.28. The summed E-state index contributed by atoms with van der Waals surface area (Å²) in [7, 11) is 0. The van der Waals surface area contributed by atoms with Crippen molar-refractivity contribution < 1.29 is 9.18 Å². The summed E-state index contributed by atoms with van der Waals surface area (Å²) in [4.78, 5) is 12.3. The average Bonchev–Trinajstić information content (AvgIpc) is 3.01. The number of nitrogens with one attached hydrogen (secondary N) is 1. The molecule has 3 nitrogen and oxygen atoms in total. The molecular formula is C17H23FN2O. The van der Waals surface area contributed by atoms with Gasteiger partial charge >= 0.3 is 0 Å². The molecule has 1 amide bonds. The van der Waals surface area contributed by atoms with Crippen molar-refractivity contribution in [2.75, 3.05) is 6.54 Å². The second-order valence-electron chi connectivity index (χ2n) is 6.55. The maximum Gasteiger partial charge on any atom is 0.224 e. The van der Waals surface area contributed by atoms with Crippen LogP contribution in [0.1, 0.15) is 30.4 Å². The SMILES string of the molecule is Cc1cc(F)ccc1CCNC(=O)C1C2CCC(C2)C1N. The summed E-state index contributed by atoms with van der Waals surface area (Å²) >= 11 is 0. The van der Waals surface area contributed by atoms with E-state index in [1.807, 2.05) is 6.92 Å². The van der Waals surface area contributed by atoms with Gasteiger partial charge in [0.25, 0.3) is 0 Å². The molecule has 1 aromatic carbocycles. The van der Waals surface area contributed by atoms with Crippen molar-refractivity contribution in [1.82, 2.24) is 5.32 Å². The number of benzene rings is 1. The third-order valence-corrected chi connectivity index (χ3v) is 5.28. The lowest BCUT2D eigenvalue weighted by Gasteiger charge is -2.27. The predicted molar refractivity (Wildman–Crippen MR) is 80.1 cm³/mol. The van der Waals surface area contributed by atoms with Crippen molar-refractivity contribution >= 4 is 5.91 Å². The Hall–Kier alpha value is -1.42. The van der Waals surface area contributed by atoms with E-state index < -0.39 is 0 Å². The number of carbonyl (C=O) groups excluding carboxylic acids is 1. The van der Waals surface area contributed by atoms with Gasteiger partial charge in [-0.2, -0.15) is 0 Å². The zero-order chi connectivity index (χ0) is 15.0. The van der Waals surface area contributed by atoms with Crippen molar-refractivity contribution in [3.63, 3.8) is 0 Å². The van der Waals surface area contributed by atoms with Crippen molar-refractivity contribution in [3.8, 4) is 0 Å². The Morgan fingerprint density at radius 1 is 1.38 bits per heavy atom. The Bertz CT molecular complexity index is 544. The maximum atomic E-state index is 13.0. The molecule has 3 N–H and O–H groups in total. The van der Waals surface area contributed by atoms with Gasteiger partial charge in [-0.15, -0.1) is 0 Å². The Balaban J connectivity index is 1.52. The summed E-state index contributed by atoms with van der Waals surface area (Å²) < 4.78 is 13.0. The molecule has 2 aliphatic carbocycles. The molecule has 4 unspecified atom stereocenters. The molecule has 0 aliphatic heterocycles. The summed E-state index contributed by atoms with van der Waals surface area (Å²) in [5.41, 5.74) is 8.20. The first kappa shape index (κ1) is 14.5. The highest BCUT2D eigenvalue weighted by Crippen LogP contribution is 2.47. The summed E-state index contributed by atoms with van der Waals surface area (Å²) in [6, 6.07) is 4.83. The van der Waals surface area contributed by atoms with E-state index >= 15 is 0 Å². The van der Waals surface area contributed by atoms with Crippen LogP contribution in [0.2, 0.25) is 0 Å². The standard InChI is InChI=1S/C17H23FN2O/c1-10-8-14(18)5-4-11(10)6-7-20-17(21)15-12-2-3-13(9-12)16(15)19/h4-5,8,12-13,15-16H,2-3,6-7,9,19H2,1H3,(H,20,21). The highest BCUT2D eigenvalue weighted by atomic mass is 19.1. The van der Waals surface area contributed by atoms with Gasteiger partial charge in [-0.25, -0.2) is 4.39 Å². The lowest BCUT2D eigenvalue weighted by molar-refractivity contribution is -0.127. The normalized spacial score (nSPS) is 30.6. The van der Waals surface area contributed by atoms with Crippen LogP contribution in [0.4, 0.5) is 4.39 Å². The second kappa shape index (κ2) is 5.76. The fourth-order valence-corrected chi connectivity index (χ4v) is 4.10. The van der Waals surface area contributed by atoms with Gasteiger partial charge in [0.15, 0.2) is 0 Å². The van der Waals surface area contributed by atoms with Crippen LogP contribution in [0.15, 0.2) is 18.2 Å². The molecule has 2 bridgehead atoms. The lowest BCUT2D eigenvalue weighted by atomic mass is 9.84. The lowest BCUT2D eigenvalue weighted by Crippen LogP contribution is -2.45. The van der Waals surface area contributed by atoms with Gasteiger partial charge in [-0.3, -0.25) is 4.79 Å². The van der Waals surface area contributed by atoms with E-state index in [9.17, 15) is 9.18 Å². The largest absolute Gasteiger partial charge is 0.355 e. The third kappa shape index (κ3) is 2.82. The van der Waals surface area contributed by atoms with Crippen molar-refractivity contribution in [1.29, 1.82) is 0 Å². The quantitative estimate of drug-likeness (QED) is 0.893. The average molecular weight is 290 g/mol. The highest BCUT2D eigenvalue weighted by molar-refractivity contribution is 5.80. The van der Waals surface area contributed by atoms with Gasteiger partial charge in [-0.1, -0.05) is 6.07 Å². The van der Waals surface area contributed by atoms with E-state index in [-0.39, 0.29) is 23.7 Å². The molecule has 2 fully saturated rings. The molecule has 4 atom stereocenters. The van der Waals surface area contributed by atoms with Crippen LogP contribution < -0.4 is 11.1 Å². The minimum absolute atomic E-state index is 0.00179. The number of nitrogens with two attached hydrogens (primary N) is 1. The molecular weight excluding hydrogens is 267 g/mol. The zero-order valence-electron chi connectivity index (χ0n) is 12.4. The molecule has 2 aliphatic rings. The molecule has 0 saturated heterocycles. The Kier molecular flexibility index (Phi) is 3.98. The van der Waals surface area contributed by atoms with Crippen LogP contribution in [0, 0.1) is 30.5 Å². The highest BCUT2D eigenvalue weighted by Gasteiger charge is 2.48. The van der Waals surface area contributed by atoms with Crippen molar-refractivity contribution in [2.45, 2.75) is 38.6 Å². The molecule has 1 aromatic rings. The first-order valence-electron chi connectivity index (χ1n) is 7.84. The number of carbonyl (C=O) groups is 1. The number of aryl methyl sites for hydroxylation is 1. The van der Waals surface area contributed by atoms with E-state index in [0.29, 0.717) is 18.4 Å². The summed E-state index contributed by atoms with van der Waals surface area (Å²) in [6.07, 6.45) is 4.18. The molecule has 0 radical (unpaired) electrons. The molecule has 21 heavy (non-hydrogen) atoms. The van der Waals surface area contributed by atoms with Crippen LogP contribution in [0.25, 0.3) is 0 Å². The second-order valence-corrected chi connectivity index (χ2v) is 6.55. The van der Waals surface area contributed by atoms with Crippen LogP contribution in [-0.2, 0) is 11.2 Å². The van der Waals surface area contributed by atoms with Gasteiger partial charge in [-0.05, 0) is 67.7 Å². The Morgan fingerprint density at radius 2 is 2.14 bits per heavy atom. The number of amides is 1. The van der Waals surface area contributed by atoms with Gasteiger partial charge < -0.3 is 11.1 Å². The summed E-state index contributed by atoms with van der Waals surface area (Å²) in [6.45, 7) is 2.48. The number of halogens is 1.